The van der Waals surface area contributed by atoms with E-state index in [9.17, 15) is 14.4 Å². The average molecular weight is 463 g/mol. The molecule has 0 radical (unpaired) electrons. The topological polar surface area (TPSA) is 96.4 Å². The van der Waals surface area contributed by atoms with Crippen molar-refractivity contribution in [2.24, 2.45) is 0 Å². The molecule has 2 aliphatic heterocycles. The van der Waals surface area contributed by atoms with Crippen LogP contribution in [0.5, 0.6) is 11.5 Å². The molecule has 4 rings (SSSR count). The number of carbonyl (C=O) groups excluding carboxylic acids is 2. The van der Waals surface area contributed by atoms with Crippen LogP contribution in [0.4, 0.5) is 4.79 Å². The van der Waals surface area contributed by atoms with E-state index in [4.69, 9.17) is 14.6 Å². The molecule has 3 amide bonds. The zero-order chi connectivity index (χ0) is 24.1. The van der Waals surface area contributed by atoms with Gasteiger partial charge in [-0.3, -0.25) is 14.5 Å². The molecule has 0 aromatic heterocycles. The Balaban J connectivity index is 1.32. The maximum Gasteiger partial charge on any atom is 0.407 e. The fourth-order valence-corrected chi connectivity index (χ4v) is 4.12. The lowest BCUT2D eigenvalue weighted by atomic mass is 10.1. The van der Waals surface area contributed by atoms with Crippen LogP contribution in [-0.2, 0) is 0 Å². The SMILES string of the molecule is COc1cc(C#CCCCN2C(=O)c3ccccc3C2=O)cc(OC2CCN(C(=O)O)CC2)c1. The summed E-state index contributed by atoms with van der Waals surface area (Å²) in [5.41, 5.74) is 1.64. The fourth-order valence-electron chi connectivity index (χ4n) is 4.12. The summed E-state index contributed by atoms with van der Waals surface area (Å²) in [6, 6.07) is 12.3. The normalized spacial score (nSPS) is 15.6. The molecule has 1 fully saturated rings. The first kappa shape index (κ1) is 23.2. The highest BCUT2D eigenvalue weighted by molar-refractivity contribution is 6.21. The van der Waals surface area contributed by atoms with E-state index < -0.39 is 6.09 Å². The largest absolute Gasteiger partial charge is 0.497 e. The van der Waals surface area contributed by atoms with Gasteiger partial charge < -0.3 is 19.5 Å². The number of rotatable bonds is 6. The number of ether oxygens (including phenoxy) is 2. The van der Waals surface area contributed by atoms with Gasteiger partial charge in [0.1, 0.15) is 17.6 Å². The molecule has 0 aliphatic carbocycles. The van der Waals surface area contributed by atoms with E-state index >= 15 is 0 Å². The van der Waals surface area contributed by atoms with Gasteiger partial charge in [-0.1, -0.05) is 24.0 Å². The van der Waals surface area contributed by atoms with Crippen molar-refractivity contribution in [1.29, 1.82) is 0 Å². The monoisotopic (exact) mass is 462 g/mol. The van der Waals surface area contributed by atoms with Gasteiger partial charge in [-0.15, -0.1) is 0 Å². The molecule has 0 spiro atoms. The number of nitrogens with zero attached hydrogens (tertiary/aromatic N) is 2. The minimum Gasteiger partial charge on any atom is -0.497 e. The number of hydrogen-bond acceptors (Lipinski definition) is 5. The third kappa shape index (κ3) is 5.15. The van der Waals surface area contributed by atoms with Crippen molar-refractivity contribution in [1.82, 2.24) is 9.80 Å². The molecular weight excluding hydrogens is 436 g/mol. The molecule has 2 aliphatic rings. The van der Waals surface area contributed by atoms with Crippen LogP contribution in [0.15, 0.2) is 42.5 Å². The zero-order valence-corrected chi connectivity index (χ0v) is 19.0. The molecule has 2 aromatic carbocycles. The molecule has 0 atom stereocenters. The highest BCUT2D eigenvalue weighted by Gasteiger charge is 2.34. The Kier molecular flexibility index (Phi) is 7.02. The van der Waals surface area contributed by atoms with E-state index in [1.54, 1.807) is 37.4 Å². The number of amides is 3. The van der Waals surface area contributed by atoms with E-state index in [1.807, 2.05) is 12.1 Å². The van der Waals surface area contributed by atoms with Crippen molar-refractivity contribution in [2.75, 3.05) is 26.7 Å². The molecule has 0 saturated carbocycles. The van der Waals surface area contributed by atoms with Crippen molar-refractivity contribution < 1.29 is 29.0 Å². The van der Waals surface area contributed by atoms with Gasteiger partial charge in [0.25, 0.3) is 11.8 Å². The summed E-state index contributed by atoms with van der Waals surface area (Å²) < 4.78 is 11.4. The van der Waals surface area contributed by atoms with Crippen LogP contribution in [0, 0.1) is 11.8 Å². The third-order valence-electron chi connectivity index (χ3n) is 5.93. The second kappa shape index (κ2) is 10.3. The van der Waals surface area contributed by atoms with Crippen molar-refractivity contribution in [2.45, 2.75) is 31.8 Å². The van der Waals surface area contributed by atoms with Crippen LogP contribution in [0.25, 0.3) is 0 Å². The second-order valence-corrected chi connectivity index (χ2v) is 8.20. The van der Waals surface area contributed by atoms with Crippen LogP contribution in [0.1, 0.15) is 52.0 Å². The van der Waals surface area contributed by atoms with Gasteiger partial charge in [-0.05, 0) is 30.7 Å². The first-order valence-electron chi connectivity index (χ1n) is 11.2. The molecular formula is C26H26N2O6. The zero-order valence-electron chi connectivity index (χ0n) is 19.0. The molecule has 176 valence electrons. The molecule has 8 nitrogen and oxygen atoms in total. The Hall–Kier alpha value is -3.99. The van der Waals surface area contributed by atoms with E-state index in [2.05, 4.69) is 11.8 Å². The summed E-state index contributed by atoms with van der Waals surface area (Å²) in [5.74, 6) is 6.94. The van der Waals surface area contributed by atoms with Gasteiger partial charge in [0.15, 0.2) is 0 Å². The van der Waals surface area contributed by atoms with Crippen molar-refractivity contribution >= 4 is 17.9 Å². The second-order valence-electron chi connectivity index (χ2n) is 8.20. The fraction of sp³-hybridized carbons (Fsp3) is 0.346. The first-order valence-corrected chi connectivity index (χ1v) is 11.2. The Morgan fingerprint density at radius 3 is 2.32 bits per heavy atom. The number of carbonyl (C=O) groups is 3. The summed E-state index contributed by atoms with van der Waals surface area (Å²) in [6.45, 7) is 1.22. The van der Waals surface area contributed by atoms with E-state index in [-0.39, 0.29) is 17.9 Å². The Bertz CT molecular complexity index is 1120. The minimum absolute atomic E-state index is 0.0665. The molecule has 1 saturated heterocycles. The minimum atomic E-state index is -0.902. The molecule has 2 heterocycles. The summed E-state index contributed by atoms with van der Waals surface area (Å²) in [6.07, 6.45) is 1.39. The van der Waals surface area contributed by atoms with Crippen LogP contribution >= 0.6 is 0 Å². The Morgan fingerprint density at radius 1 is 1.06 bits per heavy atom. The van der Waals surface area contributed by atoms with Crippen LogP contribution < -0.4 is 9.47 Å². The molecule has 1 N–H and O–H groups in total. The number of hydrogen-bond donors (Lipinski definition) is 1. The van der Waals surface area contributed by atoms with Crippen LogP contribution in [-0.4, -0.2) is 65.7 Å². The van der Waals surface area contributed by atoms with Gasteiger partial charge in [0.2, 0.25) is 0 Å². The lowest BCUT2D eigenvalue weighted by Gasteiger charge is -2.30. The van der Waals surface area contributed by atoms with E-state index in [0.29, 0.717) is 67.9 Å². The number of carboxylic acid groups (broad SMARTS) is 1. The van der Waals surface area contributed by atoms with E-state index in [1.165, 1.54) is 9.80 Å². The standard InChI is InChI=1S/C26H26N2O6/c1-33-20-15-18(16-21(17-20)34-19-10-13-27(14-11-19)26(31)32)7-3-2-6-12-28-24(29)22-8-4-5-9-23(22)25(28)30/h4-5,8-9,15-17,19H,2,6,10-14H2,1H3,(H,31,32). The summed E-state index contributed by atoms with van der Waals surface area (Å²) in [7, 11) is 1.57. The summed E-state index contributed by atoms with van der Waals surface area (Å²) in [4.78, 5) is 38.6. The van der Waals surface area contributed by atoms with Gasteiger partial charge in [-0.25, -0.2) is 4.79 Å². The molecule has 2 aromatic rings. The lowest BCUT2D eigenvalue weighted by molar-refractivity contribution is 0.0652. The number of fused-ring (bicyclic) bond motifs is 1. The number of imide groups is 1. The number of likely N-dealkylation sites (tertiary alicyclic amines) is 1. The van der Waals surface area contributed by atoms with Crippen LogP contribution in [0.3, 0.4) is 0 Å². The number of benzene rings is 2. The van der Waals surface area contributed by atoms with E-state index in [0.717, 1.165) is 5.56 Å². The molecule has 34 heavy (non-hydrogen) atoms. The van der Waals surface area contributed by atoms with Crippen molar-refractivity contribution in [3.8, 4) is 23.3 Å². The van der Waals surface area contributed by atoms with Crippen molar-refractivity contribution in [3.63, 3.8) is 0 Å². The summed E-state index contributed by atoms with van der Waals surface area (Å²) in [5, 5.41) is 9.09. The Labute approximate surface area is 198 Å². The predicted octanol–water partition coefficient (Wildman–Crippen LogP) is 3.64. The smallest absolute Gasteiger partial charge is 0.407 e. The number of unbranched alkanes of at least 4 members (excludes halogenated alkanes) is 1. The van der Waals surface area contributed by atoms with Gasteiger partial charge in [0, 0.05) is 50.5 Å². The van der Waals surface area contributed by atoms with Gasteiger partial charge in [0.05, 0.1) is 18.2 Å². The van der Waals surface area contributed by atoms with Crippen LogP contribution in [0.2, 0.25) is 0 Å². The predicted molar refractivity (Wildman–Crippen MR) is 124 cm³/mol. The molecule has 0 bridgehead atoms. The summed E-state index contributed by atoms with van der Waals surface area (Å²) >= 11 is 0. The maximum atomic E-state index is 12.4. The highest BCUT2D eigenvalue weighted by Crippen LogP contribution is 2.26. The number of methoxy groups -OCH3 is 1. The van der Waals surface area contributed by atoms with Gasteiger partial charge in [-0.2, -0.15) is 0 Å². The van der Waals surface area contributed by atoms with Crippen molar-refractivity contribution in [3.05, 3.63) is 59.2 Å². The maximum absolute atomic E-state index is 12.4. The molecule has 0 unspecified atom stereocenters. The Morgan fingerprint density at radius 2 is 1.71 bits per heavy atom. The van der Waals surface area contributed by atoms with Gasteiger partial charge >= 0.3 is 6.09 Å². The number of piperidine rings is 1. The highest BCUT2D eigenvalue weighted by atomic mass is 16.5. The lowest BCUT2D eigenvalue weighted by Crippen LogP contribution is -2.41. The first-order chi connectivity index (χ1) is 16.5. The average Bonchev–Trinajstić information content (AvgIpc) is 3.09. The molecule has 8 heteroatoms. The quantitative estimate of drug-likeness (QED) is 0.400. The third-order valence-corrected chi connectivity index (χ3v) is 5.93.